The first-order chi connectivity index (χ1) is 20.5. The van der Waals surface area contributed by atoms with Gasteiger partial charge < -0.3 is 24.8 Å². The Morgan fingerprint density at radius 1 is 0.953 bits per heavy atom. The van der Waals surface area contributed by atoms with E-state index in [1.165, 1.54) is 29.1 Å². The van der Waals surface area contributed by atoms with Gasteiger partial charge in [0.1, 0.15) is 11.5 Å². The van der Waals surface area contributed by atoms with Gasteiger partial charge in [0.05, 0.1) is 24.5 Å². The summed E-state index contributed by atoms with van der Waals surface area (Å²) >= 11 is 0. The number of hydrogen-bond donors (Lipinski definition) is 2. The Kier molecular flexibility index (Phi) is 8.40. The zero-order valence-corrected chi connectivity index (χ0v) is 24.6. The average molecular weight is 584 g/mol. The summed E-state index contributed by atoms with van der Waals surface area (Å²) in [5, 5.41) is 5.66. The van der Waals surface area contributed by atoms with Gasteiger partial charge in [0.15, 0.2) is 5.82 Å². The molecule has 3 heterocycles. The van der Waals surface area contributed by atoms with E-state index in [1.54, 1.807) is 48.3 Å². The van der Waals surface area contributed by atoms with Crippen LogP contribution in [0.3, 0.4) is 0 Å². The molecule has 0 unspecified atom stereocenters. The second-order valence-electron chi connectivity index (χ2n) is 11.5. The van der Waals surface area contributed by atoms with Crippen LogP contribution in [-0.4, -0.2) is 52.6 Å². The number of carbonyl (C=O) groups excluding carboxylic acids is 2. The maximum atomic E-state index is 15.7. The Morgan fingerprint density at radius 2 is 1.65 bits per heavy atom. The van der Waals surface area contributed by atoms with Gasteiger partial charge in [0.25, 0.3) is 17.4 Å². The van der Waals surface area contributed by atoms with Crippen LogP contribution in [-0.2, 0) is 17.2 Å². The largest absolute Gasteiger partial charge is 0.378 e. The number of morpholine rings is 1. The molecule has 9 nitrogen and oxygen atoms in total. The number of benzene rings is 2. The first kappa shape index (κ1) is 29.7. The molecule has 2 N–H and O–H groups in total. The van der Waals surface area contributed by atoms with Gasteiger partial charge in [-0.15, -0.1) is 0 Å². The molecule has 0 atom stereocenters. The molecule has 1 aliphatic heterocycles. The van der Waals surface area contributed by atoms with Gasteiger partial charge in [-0.2, -0.15) is 0 Å². The molecule has 0 spiro atoms. The fourth-order valence-electron chi connectivity index (χ4n) is 4.80. The molecular formula is C33H34FN5O4. The van der Waals surface area contributed by atoms with Crippen molar-refractivity contribution in [3.05, 3.63) is 106 Å². The Bertz CT molecular complexity index is 1700. The van der Waals surface area contributed by atoms with E-state index in [9.17, 15) is 14.4 Å². The molecule has 1 aliphatic rings. The highest BCUT2D eigenvalue weighted by Gasteiger charge is 2.20. The van der Waals surface area contributed by atoms with Crippen LogP contribution < -0.4 is 16.2 Å². The lowest BCUT2D eigenvalue weighted by Crippen LogP contribution is -2.40. The number of aromatic nitrogens is 2. The summed E-state index contributed by atoms with van der Waals surface area (Å²) < 4.78 is 22.4. The van der Waals surface area contributed by atoms with Crippen molar-refractivity contribution in [1.29, 1.82) is 0 Å². The minimum Gasteiger partial charge on any atom is -0.378 e. The molecule has 0 radical (unpaired) electrons. The summed E-state index contributed by atoms with van der Waals surface area (Å²) in [5.74, 6) is -0.840. The quantitative estimate of drug-likeness (QED) is 0.317. The van der Waals surface area contributed by atoms with Gasteiger partial charge in [-0.25, -0.2) is 9.37 Å². The fraction of sp³-hybridized carbons (Fsp3) is 0.273. The number of aryl methyl sites for hydroxylation is 1. The lowest BCUT2D eigenvalue weighted by molar-refractivity contribution is 0.0302. The van der Waals surface area contributed by atoms with Crippen LogP contribution in [0, 0.1) is 5.82 Å². The Labute approximate surface area is 249 Å². The zero-order chi connectivity index (χ0) is 30.7. The lowest BCUT2D eigenvalue weighted by atomic mass is 9.87. The number of pyridine rings is 2. The van der Waals surface area contributed by atoms with E-state index in [1.807, 2.05) is 12.1 Å². The molecule has 5 rings (SSSR count). The van der Waals surface area contributed by atoms with Gasteiger partial charge in [-0.1, -0.05) is 45.0 Å². The number of anilines is 3. The summed E-state index contributed by atoms with van der Waals surface area (Å²) in [6.45, 7) is 8.31. The molecule has 4 aromatic rings. The third kappa shape index (κ3) is 6.65. The van der Waals surface area contributed by atoms with E-state index in [0.29, 0.717) is 48.8 Å². The van der Waals surface area contributed by atoms with Gasteiger partial charge in [-0.3, -0.25) is 14.4 Å². The number of amides is 2. The SMILES string of the molecule is Cn1cc(-c2cccc(NC(=O)c3ccc(C(C)(C)C)cc3)c2F)cc(Nc2ccc(C(=O)N3CCOCC3)cn2)c1=O. The standard InChI is InChI=1S/C33H34FN5O4/c1-33(2,3)24-11-8-21(9-12-24)30(40)37-26-7-5-6-25(29(26)34)23-18-27(32(42)38(4)20-23)36-28-13-10-22(19-35-28)31(41)39-14-16-43-17-15-39/h5-13,18-20H,14-17H2,1-4H3,(H,35,36)(H,37,40). The number of carbonyl (C=O) groups is 2. The van der Waals surface area contributed by atoms with Gasteiger partial charge in [0.2, 0.25) is 0 Å². The number of halogens is 1. The van der Waals surface area contributed by atoms with Crippen LogP contribution in [0.1, 0.15) is 47.1 Å². The molecule has 2 aromatic heterocycles. The summed E-state index contributed by atoms with van der Waals surface area (Å²) in [6.07, 6.45) is 2.98. The smallest absolute Gasteiger partial charge is 0.274 e. The highest BCUT2D eigenvalue weighted by atomic mass is 19.1. The number of ether oxygens (including phenoxy) is 1. The predicted octanol–water partition coefficient (Wildman–Crippen LogP) is 5.35. The average Bonchev–Trinajstić information content (AvgIpc) is 3.00. The minimum absolute atomic E-state index is 0.0213. The maximum absolute atomic E-state index is 15.7. The fourth-order valence-corrected chi connectivity index (χ4v) is 4.80. The summed E-state index contributed by atoms with van der Waals surface area (Å²) in [6, 6.07) is 16.7. The second-order valence-corrected chi connectivity index (χ2v) is 11.5. The highest BCUT2D eigenvalue weighted by Crippen LogP contribution is 2.30. The van der Waals surface area contributed by atoms with Crippen LogP contribution in [0.4, 0.5) is 21.6 Å². The van der Waals surface area contributed by atoms with E-state index >= 15 is 4.39 Å². The van der Waals surface area contributed by atoms with Crippen molar-refractivity contribution in [2.75, 3.05) is 36.9 Å². The first-order valence-corrected chi connectivity index (χ1v) is 14.0. The van der Waals surface area contributed by atoms with Crippen molar-refractivity contribution in [3.63, 3.8) is 0 Å². The number of nitrogens with one attached hydrogen (secondary N) is 2. The van der Waals surface area contributed by atoms with Gasteiger partial charge in [-0.05, 0) is 47.4 Å². The maximum Gasteiger partial charge on any atom is 0.274 e. The first-order valence-electron chi connectivity index (χ1n) is 14.0. The molecular weight excluding hydrogens is 549 g/mol. The Balaban J connectivity index is 1.35. The molecule has 0 bridgehead atoms. The van der Waals surface area contributed by atoms with Crippen LogP contribution in [0.25, 0.3) is 11.1 Å². The summed E-state index contributed by atoms with van der Waals surface area (Å²) in [4.78, 5) is 44.6. The van der Waals surface area contributed by atoms with Crippen LogP contribution in [0.5, 0.6) is 0 Å². The molecule has 2 amide bonds. The topological polar surface area (TPSA) is 106 Å². The van der Waals surface area contributed by atoms with Crippen LogP contribution in [0.2, 0.25) is 0 Å². The molecule has 43 heavy (non-hydrogen) atoms. The van der Waals surface area contributed by atoms with Crippen molar-refractivity contribution in [2.45, 2.75) is 26.2 Å². The molecule has 1 saturated heterocycles. The molecule has 1 fully saturated rings. The Hall–Kier alpha value is -4.83. The normalized spacial score (nSPS) is 13.5. The molecule has 2 aromatic carbocycles. The van der Waals surface area contributed by atoms with Crippen molar-refractivity contribution in [1.82, 2.24) is 14.5 Å². The molecule has 222 valence electrons. The summed E-state index contributed by atoms with van der Waals surface area (Å²) in [7, 11) is 1.57. The van der Waals surface area contributed by atoms with Crippen molar-refractivity contribution >= 4 is 29.0 Å². The molecule has 10 heteroatoms. The zero-order valence-electron chi connectivity index (χ0n) is 24.6. The van der Waals surface area contributed by atoms with E-state index in [4.69, 9.17) is 4.74 Å². The Morgan fingerprint density at radius 3 is 2.30 bits per heavy atom. The van der Waals surface area contributed by atoms with E-state index < -0.39 is 11.7 Å². The predicted molar refractivity (Wildman–Crippen MR) is 164 cm³/mol. The molecule has 0 aliphatic carbocycles. The third-order valence-electron chi connectivity index (χ3n) is 7.33. The van der Waals surface area contributed by atoms with Crippen molar-refractivity contribution in [3.8, 4) is 11.1 Å². The van der Waals surface area contributed by atoms with Gasteiger partial charge >= 0.3 is 0 Å². The lowest BCUT2D eigenvalue weighted by Gasteiger charge is -2.26. The minimum atomic E-state index is -0.629. The number of nitrogens with zero attached hydrogens (tertiary/aromatic N) is 3. The van der Waals surface area contributed by atoms with Crippen molar-refractivity contribution in [2.24, 2.45) is 7.05 Å². The second kappa shape index (κ2) is 12.2. The molecule has 0 saturated carbocycles. The summed E-state index contributed by atoms with van der Waals surface area (Å²) in [5.41, 5.74) is 2.36. The van der Waals surface area contributed by atoms with Crippen LogP contribution >= 0.6 is 0 Å². The number of rotatable bonds is 6. The third-order valence-corrected chi connectivity index (χ3v) is 7.33. The van der Waals surface area contributed by atoms with E-state index in [-0.39, 0.29) is 33.8 Å². The number of hydrogen-bond acceptors (Lipinski definition) is 6. The monoisotopic (exact) mass is 583 g/mol. The van der Waals surface area contributed by atoms with Gasteiger partial charge in [0, 0.05) is 49.2 Å². The van der Waals surface area contributed by atoms with E-state index in [0.717, 1.165) is 5.56 Å². The van der Waals surface area contributed by atoms with Crippen molar-refractivity contribution < 1.29 is 18.7 Å². The van der Waals surface area contributed by atoms with E-state index in [2.05, 4.69) is 36.4 Å². The highest BCUT2D eigenvalue weighted by molar-refractivity contribution is 6.04. The van der Waals surface area contributed by atoms with Crippen LogP contribution in [0.15, 0.2) is 77.9 Å².